The lowest BCUT2D eigenvalue weighted by molar-refractivity contribution is -0.129. The van der Waals surface area contributed by atoms with Crippen molar-refractivity contribution in [3.05, 3.63) is 0 Å². The third-order valence-corrected chi connectivity index (χ3v) is 1.79. The fourth-order valence-electron chi connectivity index (χ4n) is 0.637. The van der Waals surface area contributed by atoms with Crippen LogP contribution in [0.25, 0.3) is 0 Å². The SMILES string of the molecule is CCOC(C)C(=O)N[SH](C)C. The third kappa shape index (κ3) is 5.09. The van der Waals surface area contributed by atoms with Gasteiger partial charge in [0.2, 0.25) is 0 Å². The second-order valence-corrected chi connectivity index (χ2v) is 4.48. The molecule has 0 saturated heterocycles. The first-order valence-electron chi connectivity index (χ1n) is 3.67. The number of carbonyl (C=O) groups is 1. The molecule has 0 fully saturated rings. The Labute approximate surface area is 71.0 Å². The number of nitrogens with one attached hydrogen (secondary N) is 1. The van der Waals surface area contributed by atoms with Gasteiger partial charge >= 0.3 is 0 Å². The second kappa shape index (κ2) is 5.43. The molecule has 0 aromatic heterocycles. The highest BCUT2D eigenvalue weighted by Gasteiger charge is 2.11. The quantitative estimate of drug-likeness (QED) is 0.624. The van der Waals surface area contributed by atoms with Gasteiger partial charge in [-0.15, -0.1) is 0 Å². The van der Waals surface area contributed by atoms with Crippen LogP contribution in [-0.4, -0.2) is 31.1 Å². The summed E-state index contributed by atoms with van der Waals surface area (Å²) < 4.78 is 7.93. The Bertz CT molecular complexity index is 128. The fourth-order valence-corrected chi connectivity index (χ4v) is 1.26. The monoisotopic (exact) mass is 179 g/mol. The number of ether oxygens (including phenoxy) is 1. The van der Waals surface area contributed by atoms with Crippen molar-refractivity contribution in [3.63, 3.8) is 0 Å². The highest BCUT2D eigenvalue weighted by atomic mass is 32.2. The van der Waals surface area contributed by atoms with E-state index < -0.39 is 0 Å². The molecule has 1 atom stereocenters. The Morgan fingerprint density at radius 1 is 1.64 bits per heavy atom. The summed E-state index contributed by atoms with van der Waals surface area (Å²) in [5.41, 5.74) is 0. The summed E-state index contributed by atoms with van der Waals surface area (Å²) in [5.74, 6) is -0.0111. The molecule has 3 nitrogen and oxygen atoms in total. The van der Waals surface area contributed by atoms with Gasteiger partial charge in [0.15, 0.2) is 0 Å². The van der Waals surface area contributed by atoms with E-state index in [4.69, 9.17) is 4.74 Å². The lowest BCUT2D eigenvalue weighted by Crippen LogP contribution is -2.32. The number of hydrogen-bond acceptors (Lipinski definition) is 2. The smallest absolute Gasteiger partial charge is 0.257 e. The average molecular weight is 179 g/mol. The van der Waals surface area contributed by atoms with Crippen LogP contribution in [0.5, 0.6) is 0 Å². The molecule has 0 aliphatic heterocycles. The molecule has 0 aliphatic carbocycles. The predicted octanol–water partition coefficient (Wildman–Crippen LogP) is 0.703. The molecule has 0 radical (unpaired) electrons. The van der Waals surface area contributed by atoms with Crippen molar-refractivity contribution < 1.29 is 9.53 Å². The Morgan fingerprint density at radius 3 is 2.55 bits per heavy atom. The molecule has 1 unspecified atom stereocenters. The number of rotatable bonds is 4. The van der Waals surface area contributed by atoms with E-state index in [2.05, 4.69) is 4.72 Å². The normalized spacial score (nSPS) is 14.0. The van der Waals surface area contributed by atoms with Gasteiger partial charge in [-0.3, -0.25) is 4.79 Å². The number of amides is 1. The van der Waals surface area contributed by atoms with Crippen LogP contribution in [0, 0.1) is 0 Å². The zero-order chi connectivity index (χ0) is 8.85. The molecule has 0 saturated carbocycles. The van der Waals surface area contributed by atoms with E-state index in [1.165, 1.54) is 0 Å². The van der Waals surface area contributed by atoms with Gasteiger partial charge in [0, 0.05) is 6.61 Å². The van der Waals surface area contributed by atoms with Crippen molar-refractivity contribution in [3.8, 4) is 0 Å². The lowest BCUT2D eigenvalue weighted by atomic mass is 10.4. The van der Waals surface area contributed by atoms with Gasteiger partial charge in [0.1, 0.15) is 6.10 Å². The first kappa shape index (κ1) is 10.8. The highest BCUT2D eigenvalue weighted by Crippen LogP contribution is 2.06. The van der Waals surface area contributed by atoms with Gasteiger partial charge in [-0.05, 0) is 26.4 Å². The van der Waals surface area contributed by atoms with Crippen molar-refractivity contribution in [2.45, 2.75) is 20.0 Å². The van der Waals surface area contributed by atoms with Crippen molar-refractivity contribution in [1.82, 2.24) is 4.72 Å². The zero-order valence-electron chi connectivity index (χ0n) is 7.55. The van der Waals surface area contributed by atoms with Gasteiger partial charge in [-0.2, -0.15) is 11.1 Å². The summed E-state index contributed by atoms with van der Waals surface area (Å²) in [5, 5.41) is 0. The van der Waals surface area contributed by atoms with Crippen LogP contribution in [-0.2, 0) is 9.53 Å². The molecular weight excluding hydrogens is 162 g/mol. The molecule has 4 heteroatoms. The first-order valence-corrected chi connectivity index (χ1v) is 5.91. The number of hydrogen-bond donors (Lipinski definition) is 2. The van der Waals surface area contributed by atoms with Crippen LogP contribution in [0.4, 0.5) is 0 Å². The summed E-state index contributed by atoms with van der Waals surface area (Å²) in [6.45, 7) is 4.22. The van der Waals surface area contributed by atoms with E-state index >= 15 is 0 Å². The zero-order valence-corrected chi connectivity index (χ0v) is 8.44. The van der Waals surface area contributed by atoms with E-state index in [1.54, 1.807) is 6.92 Å². The number of thiol groups is 1. The summed E-state index contributed by atoms with van der Waals surface area (Å²) in [6, 6.07) is 0. The Hall–Kier alpha value is -0.220. The van der Waals surface area contributed by atoms with Gasteiger partial charge in [0.05, 0.1) is 0 Å². The minimum Gasteiger partial charge on any atom is -0.369 e. The lowest BCUT2D eigenvalue weighted by Gasteiger charge is -2.16. The molecule has 0 bridgehead atoms. The minimum absolute atomic E-state index is 0.0111. The van der Waals surface area contributed by atoms with Crippen LogP contribution in [0.3, 0.4) is 0 Å². The molecular formula is C7H17NO2S. The van der Waals surface area contributed by atoms with Crippen LogP contribution in [0.2, 0.25) is 0 Å². The van der Waals surface area contributed by atoms with Crippen molar-refractivity contribution in [1.29, 1.82) is 0 Å². The molecule has 0 heterocycles. The fraction of sp³-hybridized carbons (Fsp3) is 0.857. The topological polar surface area (TPSA) is 38.3 Å². The molecule has 0 aliphatic rings. The van der Waals surface area contributed by atoms with Crippen LogP contribution in [0.1, 0.15) is 13.8 Å². The predicted molar refractivity (Wildman–Crippen MR) is 50.1 cm³/mol. The van der Waals surface area contributed by atoms with Gasteiger partial charge in [-0.1, -0.05) is 0 Å². The summed E-state index contributed by atoms with van der Waals surface area (Å²) in [7, 11) is 0. The van der Waals surface area contributed by atoms with Crippen LogP contribution >= 0.6 is 11.1 Å². The maximum atomic E-state index is 11.1. The van der Waals surface area contributed by atoms with Gasteiger partial charge in [-0.25, -0.2) is 0 Å². The summed E-state index contributed by atoms with van der Waals surface area (Å²) in [4.78, 5) is 11.1. The Kier molecular flexibility index (Phi) is 5.32. The van der Waals surface area contributed by atoms with E-state index in [0.717, 1.165) is 0 Å². The van der Waals surface area contributed by atoms with Gasteiger partial charge < -0.3 is 9.46 Å². The van der Waals surface area contributed by atoms with Crippen LogP contribution in [0.15, 0.2) is 0 Å². The maximum absolute atomic E-state index is 11.1. The molecule has 68 valence electrons. The van der Waals surface area contributed by atoms with Crippen molar-refractivity contribution in [2.75, 3.05) is 19.1 Å². The second-order valence-electron chi connectivity index (χ2n) is 2.47. The average Bonchev–Trinajstić information content (AvgIpc) is 1.86. The van der Waals surface area contributed by atoms with Crippen molar-refractivity contribution >= 4 is 17.0 Å². The first-order chi connectivity index (χ1) is 5.07. The molecule has 0 aromatic carbocycles. The van der Waals surface area contributed by atoms with Crippen LogP contribution < -0.4 is 4.72 Å². The molecule has 0 rings (SSSR count). The van der Waals surface area contributed by atoms with Crippen molar-refractivity contribution in [2.24, 2.45) is 0 Å². The standard InChI is InChI=1S/C7H17NO2S/c1-5-10-6(2)7(9)8-11(3)4/h6,11H,5H2,1-4H3,(H,8,9). The molecule has 11 heavy (non-hydrogen) atoms. The summed E-state index contributed by atoms with van der Waals surface area (Å²) in [6.07, 6.45) is 3.67. The summed E-state index contributed by atoms with van der Waals surface area (Å²) >= 11 is -0.363. The molecule has 1 N–H and O–H groups in total. The maximum Gasteiger partial charge on any atom is 0.257 e. The van der Waals surface area contributed by atoms with E-state index in [9.17, 15) is 4.79 Å². The Morgan fingerprint density at radius 2 is 2.18 bits per heavy atom. The highest BCUT2D eigenvalue weighted by molar-refractivity contribution is 8.14. The molecule has 0 spiro atoms. The minimum atomic E-state index is -0.363. The molecule has 0 aromatic rings. The Balaban J connectivity index is 3.64. The third-order valence-electron chi connectivity index (χ3n) is 1.12. The van der Waals surface area contributed by atoms with E-state index in [-0.39, 0.29) is 23.1 Å². The van der Waals surface area contributed by atoms with E-state index in [0.29, 0.717) is 6.61 Å². The largest absolute Gasteiger partial charge is 0.369 e. The van der Waals surface area contributed by atoms with Gasteiger partial charge in [0.25, 0.3) is 5.91 Å². The molecule has 1 amide bonds. The van der Waals surface area contributed by atoms with E-state index in [1.807, 2.05) is 19.4 Å². The number of carbonyl (C=O) groups excluding carboxylic acids is 1.